The molecule has 0 aromatic heterocycles. The third-order valence-electron chi connectivity index (χ3n) is 4.51. The lowest BCUT2D eigenvalue weighted by atomic mass is 10.0. The van der Waals surface area contributed by atoms with Gasteiger partial charge in [0.1, 0.15) is 0 Å². The van der Waals surface area contributed by atoms with E-state index in [1.807, 2.05) is 0 Å². The van der Waals surface area contributed by atoms with E-state index in [2.05, 4.69) is 60.3 Å². The Morgan fingerprint density at radius 2 is 1.85 bits per heavy atom. The van der Waals surface area contributed by atoms with E-state index in [9.17, 15) is 0 Å². The van der Waals surface area contributed by atoms with Gasteiger partial charge in [0.15, 0.2) is 0 Å². The Balaban J connectivity index is 1.82. The van der Waals surface area contributed by atoms with Crippen LogP contribution < -0.4 is 5.32 Å². The molecule has 1 unspecified atom stereocenters. The SMILES string of the molecule is CCc1ccc(C(C)N(C)CCN2CCNCC2)cc1. The molecule has 0 bridgehead atoms. The summed E-state index contributed by atoms with van der Waals surface area (Å²) in [6.07, 6.45) is 1.12. The van der Waals surface area contributed by atoms with Gasteiger partial charge in [-0.3, -0.25) is 9.80 Å². The van der Waals surface area contributed by atoms with Gasteiger partial charge in [-0.15, -0.1) is 0 Å². The Labute approximate surface area is 124 Å². The highest BCUT2D eigenvalue weighted by Gasteiger charge is 2.14. The third kappa shape index (κ3) is 4.30. The van der Waals surface area contributed by atoms with Crippen molar-refractivity contribution in [2.45, 2.75) is 26.3 Å². The van der Waals surface area contributed by atoms with E-state index in [1.165, 1.54) is 30.8 Å². The Morgan fingerprint density at radius 3 is 2.45 bits per heavy atom. The molecule has 0 saturated carbocycles. The molecule has 0 spiro atoms. The topological polar surface area (TPSA) is 18.5 Å². The maximum Gasteiger partial charge on any atom is 0.0317 e. The van der Waals surface area contributed by atoms with Crippen LogP contribution in [0, 0.1) is 0 Å². The summed E-state index contributed by atoms with van der Waals surface area (Å²) < 4.78 is 0. The van der Waals surface area contributed by atoms with Gasteiger partial charge in [0.2, 0.25) is 0 Å². The van der Waals surface area contributed by atoms with E-state index in [0.29, 0.717) is 6.04 Å². The lowest BCUT2D eigenvalue weighted by Gasteiger charge is -2.31. The van der Waals surface area contributed by atoms with Gasteiger partial charge in [-0.25, -0.2) is 0 Å². The number of hydrogen-bond acceptors (Lipinski definition) is 3. The normalized spacial score (nSPS) is 18.4. The van der Waals surface area contributed by atoms with Gasteiger partial charge >= 0.3 is 0 Å². The number of piperazine rings is 1. The molecule has 0 radical (unpaired) electrons. The van der Waals surface area contributed by atoms with Gasteiger partial charge in [0, 0.05) is 45.3 Å². The average Bonchev–Trinajstić information content (AvgIpc) is 2.53. The van der Waals surface area contributed by atoms with Crippen LogP contribution in [0.15, 0.2) is 24.3 Å². The molecule has 1 saturated heterocycles. The van der Waals surface area contributed by atoms with Crippen molar-refractivity contribution < 1.29 is 0 Å². The molecule has 1 heterocycles. The van der Waals surface area contributed by atoms with Crippen molar-refractivity contribution in [3.8, 4) is 0 Å². The molecule has 112 valence electrons. The van der Waals surface area contributed by atoms with Crippen LogP contribution in [0.25, 0.3) is 0 Å². The Hall–Kier alpha value is -0.900. The molecule has 1 aromatic carbocycles. The van der Waals surface area contributed by atoms with E-state index < -0.39 is 0 Å². The second-order valence-electron chi connectivity index (χ2n) is 5.84. The molecule has 1 aromatic rings. The van der Waals surface area contributed by atoms with Crippen molar-refractivity contribution in [1.29, 1.82) is 0 Å². The van der Waals surface area contributed by atoms with Crippen LogP contribution in [-0.4, -0.2) is 56.1 Å². The van der Waals surface area contributed by atoms with E-state index in [-0.39, 0.29) is 0 Å². The van der Waals surface area contributed by atoms with E-state index in [0.717, 1.165) is 26.1 Å². The molecule has 1 N–H and O–H groups in total. The van der Waals surface area contributed by atoms with Gasteiger partial charge < -0.3 is 5.32 Å². The zero-order valence-electron chi connectivity index (χ0n) is 13.2. The highest BCUT2D eigenvalue weighted by Crippen LogP contribution is 2.19. The van der Waals surface area contributed by atoms with Gasteiger partial charge in [-0.2, -0.15) is 0 Å². The Kier molecular flexibility index (Phi) is 6.02. The van der Waals surface area contributed by atoms with Gasteiger partial charge in [-0.1, -0.05) is 31.2 Å². The smallest absolute Gasteiger partial charge is 0.0317 e. The zero-order chi connectivity index (χ0) is 14.4. The third-order valence-corrected chi connectivity index (χ3v) is 4.51. The fourth-order valence-corrected chi connectivity index (χ4v) is 2.71. The number of likely N-dealkylation sites (N-methyl/N-ethyl adjacent to an activating group) is 1. The molecule has 2 rings (SSSR count). The van der Waals surface area contributed by atoms with Crippen LogP contribution in [0.4, 0.5) is 0 Å². The molecule has 1 fully saturated rings. The standard InChI is InChI=1S/C17H29N3/c1-4-16-5-7-17(8-6-16)15(2)19(3)13-14-20-11-9-18-10-12-20/h5-8,15,18H,4,9-14H2,1-3H3. The fraction of sp³-hybridized carbons (Fsp3) is 0.647. The lowest BCUT2D eigenvalue weighted by Crippen LogP contribution is -2.46. The summed E-state index contributed by atoms with van der Waals surface area (Å²) in [5, 5.41) is 3.41. The van der Waals surface area contributed by atoms with Crippen molar-refractivity contribution >= 4 is 0 Å². The minimum Gasteiger partial charge on any atom is -0.314 e. The number of nitrogens with zero attached hydrogens (tertiary/aromatic N) is 2. The minimum atomic E-state index is 0.490. The quantitative estimate of drug-likeness (QED) is 0.858. The van der Waals surface area contributed by atoms with E-state index >= 15 is 0 Å². The van der Waals surface area contributed by atoms with Crippen LogP contribution >= 0.6 is 0 Å². The molecule has 20 heavy (non-hydrogen) atoms. The summed E-state index contributed by atoms with van der Waals surface area (Å²) in [6, 6.07) is 9.57. The lowest BCUT2D eigenvalue weighted by molar-refractivity contribution is 0.183. The number of rotatable bonds is 6. The second kappa shape index (κ2) is 7.77. The van der Waals surface area contributed by atoms with Crippen molar-refractivity contribution in [3.63, 3.8) is 0 Å². The molecule has 1 aliphatic rings. The predicted octanol–water partition coefficient (Wildman–Crippen LogP) is 2.15. The first-order chi connectivity index (χ1) is 9.70. The summed E-state index contributed by atoms with van der Waals surface area (Å²) in [7, 11) is 2.24. The number of hydrogen-bond donors (Lipinski definition) is 1. The Bertz CT molecular complexity index is 382. The predicted molar refractivity (Wildman–Crippen MR) is 86.2 cm³/mol. The molecular formula is C17H29N3. The molecule has 0 amide bonds. The maximum atomic E-state index is 3.41. The van der Waals surface area contributed by atoms with Gasteiger partial charge in [0.05, 0.1) is 0 Å². The molecular weight excluding hydrogens is 246 g/mol. The van der Waals surface area contributed by atoms with Crippen LogP contribution in [-0.2, 0) is 6.42 Å². The largest absolute Gasteiger partial charge is 0.314 e. The van der Waals surface area contributed by atoms with Crippen LogP contribution in [0.3, 0.4) is 0 Å². The first kappa shape index (κ1) is 15.5. The maximum absolute atomic E-state index is 3.41. The fourth-order valence-electron chi connectivity index (χ4n) is 2.71. The summed E-state index contributed by atoms with van der Waals surface area (Å²) >= 11 is 0. The minimum absolute atomic E-state index is 0.490. The van der Waals surface area contributed by atoms with Crippen molar-refractivity contribution in [3.05, 3.63) is 35.4 Å². The first-order valence-corrected chi connectivity index (χ1v) is 7.93. The van der Waals surface area contributed by atoms with Gasteiger partial charge in [-0.05, 0) is 31.5 Å². The average molecular weight is 275 g/mol. The van der Waals surface area contributed by atoms with E-state index in [1.54, 1.807) is 0 Å². The van der Waals surface area contributed by atoms with Crippen molar-refractivity contribution in [2.75, 3.05) is 46.3 Å². The number of benzene rings is 1. The number of nitrogens with one attached hydrogen (secondary N) is 1. The van der Waals surface area contributed by atoms with Crippen LogP contribution in [0.5, 0.6) is 0 Å². The monoisotopic (exact) mass is 275 g/mol. The number of aryl methyl sites for hydroxylation is 1. The van der Waals surface area contributed by atoms with Crippen LogP contribution in [0.2, 0.25) is 0 Å². The summed E-state index contributed by atoms with van der Waals surface area (Å²) in [5.41, 5.74) is 2.84. The summed E-state index contributed by atoms with van der Waals surface area (Å²) in [5.74, 6) is 0. The molecule has 3 heteroatoms. The summed E-state index contributed by atoms with van der Waals surface area (Å²) in [6.45, 7) is 11.5. The van der Waals surface area contributed by atoms with E-state index in [4.69, 9.17) is 0 Å². The van der Waals surface area contributed by atoms with Crippen molar-refractivity contribution in [1.82, 2.24) is 15.1 Å². The molecule has 3 nitrogen and oxygen atoms in total. The summed E-state index contributed by atoms with van der Waals surface area (Å²) in [4.78, 5) is 5.02. The highest BCUT2D eigenvalue weighted by molar-refractivity contribution is 5.24. The van der Waals surface area contributed by atoms with Crippen LogP contribution in [0.1, 0.15) is 31.0 Å². The highest BCUT2D eigenvalue weighted by atomic mass is 15.2. The van der Waals surface area contributed by atoms with Gasteiger partial charge in [0.25, 0.3) is 0 Å². The second-order valence-corrected chi connectivity index (χ2v) is 5.84. The molecule has 0 aliphatic carbocycles. The zero-order valence-corrected chi connectivity index (χ0v) is 13.2. The molecule has 1 atom stereocenters. The Morgan fingerprint density at radius 1 is 1.20 bits per heavy atom. The molecule has 1 aliphatic heterocycles. The van der Waals surface area contributed by atoms with Crippen molar-refractivity contribution in [2.24, 2.45) is 0 Å². The first-order valence-electron chi connectivity index (χ1n) is 7.93.